The van der Waals surface area contributed by atoms with Crippen LogP contribution in [-0.2, 0) is 7.05 Å². The third-order valence-electron chi connectivity index (χ3n) is 3.58. The third kappa shape index (κ3) is 1.75. The smallest absolute Gasteiger partial charge is 0.270 e. The van der Waals surface area contributed by atoms with Crippen LogP contribution in [0.2, 0.25) is 0 Å². The Bertz CT molecular complexity index is 782. The molecule has 1 aromatic carbocycles. The maximum atomic E-state index is 10.9. The number of nitrogens with zero attached hydrogens (tertiary/aromatic N) is 3. The summed E-state index contributed by atoms with van der Waals surface area (Å²) in [7, 11) is 1.96. The molecule has 0 saturated heterocycles. The number of aryl methyl sites for hydroxylation is 2. The van der Waals surface area contributed by atoms with E-state index in [-0.39, 0.29) is 10.6 Å². The van der Waals surface area contributed by atoms with Gasteiger partial charge in [0.2, 0.25) is 0 Å². The lowest BCUT2D eigenvalue weighted by Crippen LogP contribution is -1.94. The number of rotatable bonds is 2. The van der Waals surface area contributed by atoms with Gasteiger partial charge in [-0.1, -0.05) is 12.1 Å². The Labute approximate surface area is 115 Å². The lowest BCUT2D eigenvalue weighted by molar-refractivity contribution is -0.384. The van der Waals surface area contributed by atoms with E-state index in [1.54, 1.807) is 18.3 Å². The number of hydrogen-bond acceptors (Lipinski definition) is 3. The highest BCUT2D eigenvalue weighted by Gasteiger charge is 2.15. The molecule has 0 fully saturated rings. The number of nitro benzene ring substituents is 1. The molecule has 100 valence electrons. The molecular weight excluding hydrogens is 254 g/mol. The van der Waals surface area contributed by atoms with Crippen molar-refractivity contribution in [1.29, 1.82) is 0 Å². The summed E-state index contributed by atoms with van der Waals surface area (Å²) in [6.45, 7) is 2.01. The average Bonchev–Trinajstić information content (AvgIpc) is 2.72. The first-order valence-electron chi connectivity index (χ1n) is 6.23. The van der Waals surface area contributed by atoms with Crippen molar-refractivity contribution in [1.82, 2.24) is 9.55 Å². The molecule has 0 amide bonds. The van der Waals surface area contributed by atoms with Gasteiger partial charge in [0.1, 0.15) is 0 Å². The minimum atomic E-state index is -0.372. The molecule has 3 aromatic rings. The maximum Gasteiger partial charge on any atom is 0.270 e. The fraction of sp³-hybridized carbons (Fsp3) is 0.133. The molecule has 2 aromatic heterocycles. The first kappa shape index (κ1) is 12.3. The van der Waals surface area contributed by atoms with Crippen molar-refractivity contribution >= 4 is 16.6 Å². The van der Waals surface area contributed by atoms with Gasteiger partial charge in [0.05, 0.1) is 16.1 Å². The summed E-state index contributed by atoms with van der Waals surface area (Å²) in [5, 5.41) is 12.0. The van der Waals surface area contributed by atoms with Crippen LogP contribution in [0.4, 0.5) is 5.69 Å². The summed E-state index contributed by atoms with van der Waals surface area (Å²) in [5.41, 5.74) is 4.08. The molecule has 0 radical (unpaired) electrons. The molecule has 0 atom stereocenters. The van der Waals surface area contributed by atoms with Crippen LogP contribution in [-0.4, -0.2) is 14.5 Å². The highest BCUT2D eigenvalue weighted by Crippen LogP contribution is 2.33. The molecule has 0 unspecified atom stereocenters. The third-order valence-corrected chi connectivity index (χ3v) is 3.58. The van der Waals surface area contributed by atoms with Crippen molar-refractivity contribution in [3.8, 4) is 11.3 Å². The van der Waals surface area contributed by atoms with Crippen LogP contribution in [0.1, 0.15) is 5.56 Å². The van der Waals surface area contributed by atoms with Crippen LogP contribution < -0.4 is 0 Å². The Morgan fingerprint density at radius 2 is 2.10 bits per heavy atom. The van der Waals surface area contributed by atoms with Gasteiger partial charge in [-0.15, -0.1) is 0 Å². The number of non-ortho nitro benzene ring substituents is 1. The number of nitro groups is 1. The van der Waals surface area contributed by atoms with Gasteiger partial charge in [-0.2, -0.15) is 0 Å². The molecule has 0 aliphatic carbocycles. The van der Waals surface area contributed by atoms with Crippen LogP contribution in [0, 0.1) is 17.0 Å². The minimum Gasteiger partial charge on any atom is -0.343 e. The van der Waals surface area contributed by atoms with E-state index < -0.39 is 0 Å². The molecule has 0 bridgehead atoms. The van der Waals surface area contributed by atoms with E-state index in [9.17, 15) is 10.1 Å². The normalized spacial score (nSPS) is 10.9. The highest BCUT2D eigenvalue weighted by atomic mass is 16.6. The topological polar surface area (TPSA) is 61.0 Å². The second kappa shape index (κ2) is 4.45. The van der Waals surface area contributed by atoms with Gasteiger partial charge in [-0.25, -0.2) is 0 Å². The molecule has 0 N–H and O–H groups in total. The Balaban J connectivity index is 2.29. The lowest BCUT2D eigenvalue weighted by atomic mass is 10.1. The molecule has 2 heterocycles. The van der Waals surface area contributed by atoms with Gasteiger partial charge < -0.3 is 4.57 Å². The summed E-state index contributed by atoms with van der Waals surface area (Å²) in [6, 6.07) is 8.66. The van der Waals surface area contributed by atoms with Gasteiger partial charge in [-0.05, 0) is 18.6 Å². The van der Waals surface area contributed by atoms with Crippen molar-refractivity contribution in [2.75, 3.05) is 0 Å². The van der Waals surface area contributed by atoms with Gasteiger partial charge in [0.25, 0.3) is 5.69 Å². The van der Waals surface area contributed by atoms with Crippen molar-refractivity contribution in [2.45, 2.75) is 6.92 Å². The largest absolute Gasteiger partial charge is 0.343 e. The SMILES string of the molecule is Cc1c(-c2cccc([N+](=O)[O-])c2)n(C)c2ccncc12. The first-order chi connectivity index (χ1) is 9.59. The first-order valence-corrected chi connectivity index (χ1v) is 6.23. The molecule has 5 nitrogen and oxygen atoms in total. The Kier molecular flexibility index (Phi) is 2.75. The zero-order valence-electron chi connectivity index (χ0n) is 11.2. The van der Waals surface area contributed by atoms with Crippen LogP contribution in [0.25, 0.3) is 22.2 Å². The minimum absolute atomic E-state index is 0.102. The van der Waals surface area contributed by atoms with Crippen molar-refractivity contribution in [3.63, 3.8) is 0 Å². The van der Waals surface area contributed by atoms with Crippen molar-refractivity contribution < 1.29 is 4.92 Å². The second-order valence-electron chi connectivity index (χ2n) is 4.73. The van der Waals surface area contributed by atoms with Gasteiger partial charge >= 0.3 is 0 Å². The molecule has 5 heteroatoms. The zero-order chi connectivity index (χ0) is 14.3. The van der Waals surface area contributed by atoms with Crippen LogP contribution in [0.15, 0.2) is 42.7 Å². The summed E-state index contributed by atoms with van der Waals surface area (Å²) < 4.78 is 2.05. The zero-order valence-corrected chi connectivity index (χ0v) is 11.2. The molecule has 0 aliphatic heterocycles. The summed E-state index contributed by atoms with van der Waals surface area (Å²) in [4.78, 5) is 14.7. The van der Waals surface area contributed by atoms with E-state index >= 15 is 0 Å². The summed E-state index contributed by atoms with van der Waals surface area (Å²) in [5.74, 6) is 0. The standard InChI is InChI=1S/C15H13N3O2/c1-10-13-9-16-7-6-14(13)17(2)15(10)11-4-3-5-12(8-11)18(19)20/h3-9H,1-2H3. The predicted octanol–water partition coefficient (Wildman–Crippen LogP) is 3.46. The van der Waals surface area contributed by atoms with E-state index in [1.807, 2.05) is 36.9 Å². The van der Waals surface area contributed by atoms with Gasteiger partial charge in [0.15, 0.2) is 0 Å². The molecular formula is C15H13N3O2. The number of hydrogen-bond donors (Lipinski definition) is 0. The Morgan fingerprint density at radius 1 is 1.30 bits per heavy atom. The number of fused-ring (bicyclic) bond motifs is 1. The quantitative estimate of drug-likeness (QED) is 0.527. The number of pyridine rings is 1. The molecule has 3 rings (SSSR count). The van der Waals surface area contributed by atoms with Crippen LogP contribution in [0.3, 0.4) is 0 Å². The van der Waals surface area contributed by atoms with Gasteiger partial charge in [0, 0.05) is 42.5 Å². The monoisotopic (exact) mass is 267 g/mol. The van der Waals surface area contributed by atoms with E-state index in [0.29, 0.717) is 0 Å². The highest BCUT2D eigenvalue weighted by molar-refractivity contribution is 5.91. The predicted molar refractivity (Wildman–Crippen MR) is 77.5 cm³/mol. The fourth-order valence-corrected chi connectivity index (χ4v) is 2.65. The Hall–Kier alpha value is -2.69. The summed E-state index contributed by atoms with van der Waals surface area (Å²) >= 11 is 0. The molecule has 0 saturated carbocycles. The van der Waals surface area contributed by atoms with Crippen LogP contribution in [0.5, 0.6) is 0 Å². The number of aromatic nitrogens is 2. The summed E-state index contributed by atoms with van der Waals surface area (Å²) in [6.07, 6.45) is 3.57. The van der Waals surface area contributed by atoms with E-state index in [0.717, 1.165) is 27.7 Å². The Morgan fingerprint density at radius 3 is 2.80 bits per heavy atom. The van der Waals surface area contributed by atoms with Crippen molar-refractivity contribution in [3.05, 3.63) is 58.4 Å². The van der Waals surface area contributed by atoms with Crippen molar-refractivity contribution in [2.24, 2.45) is 7.05 Å². The average molecular weight is 267 g/mol. The van der Waals surface area contributed by atoms with Gasteiger partial charge in [-0.3, -0.25) is 15.1 Å². The molecule has 0 spiro atoms. The molecule has 20 heavy (non-hydrogen) atoms. The second-order valence-corrected chi connectivity index (χ2v) is 4.73. The molecule has 0 aliphatic rings. The van der Waals surface area contributed by atoms with E-state index in [2.05, 4.69) is 4.98 Å². The lowest BCUT2D eigenvalue weighted by Gasteiger charge is -2.06. The maximum absolute atomic E-state index is 10.9. The fourth-order valence-electron chi connectivity index (χ4n) is 2.65. The van der Waals surface area contributed by atoms with E-state index in [4.69, 9.17) is 0 Å². The van der Waals surface area contributed by atoms with Crippen LogP contribution >= 0.6 is 0 Å². The number of benzene rings is 1. The van der Waals surface area contributed by atoms with E-state index in [1.165, 1.54) is 6.07 Å².